The van der Waals surface area contributed by atoms with Gasteiger partial charge in [-0.3, -0.25) is 4.79 Å². The van der Waals surface area contributed by atoms with Gasteiger partial charge in [0.15, 0.2) is 12.1 Å². The van der Waals surface area contributed by atoms with Crippen molar-refractivity contribution in [2.24, 2.45) is 0 Å². The van der Waals surface area contributed by atoms with Crippen LogP contribution >= 0.6 is 0 Å². The highest BCUT2D eigenvalue weighted by atomic mass is 16.7. The van der Waals surface area contributed by atoms with Crippen molar-refractivity contribution in [3.8, 4) is 5.75 Å². The van der Waals surface area contributed by atoms with E-state index < -0.39 is 18.5 Å². The van der Waals surface area contributed by atoms with Crippen molar-refractivity contribution in [2.45, 2.75) is 18.5 Å². The minimum absolute atomic E-state index is 0.114. The number of aliphatic hydroxyl groups excluding tert-OH is 2. The Hall–Kier alpha value is -1.47. The van der Waals surface area contributed by atoms with Gasteiger partial charge in [0, 0.05) is 0 Å². The monoisotopic (exact) mass is 268 g/mol. The Bertz CT molecular complexity index is 419. The van der Waals surface area contributed by atoms with Crippen LogP contribution in [0, 0.1) is 0 Å². The Morgan fingerprint density at radius 2 is 1.79 bits per heavy atom. The Morgan fingerprint density at radius 3 is 2.32 bits per heavy atom. The van der Waals surface area contributed by atoms with Crippen molar-refractivity contribution in [3.05, 3.63) is 29.8 Å². The van der Waals surface area contributed by atoms with E-state index in [1.54, 1.807) is 31.4 Å². The molecule has 2 atom stereocenters. The smallest absolute Gasteiger partial charge is 0.187 e. The Morgan fingerprint density at radius 1 is 1.21 bits per heavy atom. The second-order valence-corrected chi connectivity index (χ2v) is 4.24. The highest BCUT2D eigenvalue weighted by molar-refractivity contribution is 5.81. The minimum atomic E-state index is -1.26. The first-order chi connectivity index (χ1) is 9.11. The quantitative estimate of drug-likeness (QED) is 0.801. The van der Waals surface area contributed by atoms with E-state index >= 15 is 0 Å². The van der Waals surface area contributed by atoms with E-state index in [2.05, 4.69) is 0 Å². The van der Waals surface area contributed by atoms with Crippen molar-refractivity contribution in [3.63, 3.8) is 0 Å². The molecule has 1 heterocycles. The first-order valence-electron chi connectivity index (χ1n) is 5.87. The van der Waals surface area contributed by atoms with Crippen LogP contribution in [0.2, 0.25) is 0 Å². The fraction of sp³-hybridized carbons (Fsp3) is 0.462. The third-order valence-electron chi connectivity index (χ3n) is 2.88. The zero-order valence-electron chi connectivity index (χ0n) is 10.5. The summed E-state index contributed by atoms with van der Waals surface area (Å²) in [5.74, 6) is 0.462. The van der Waals surface area contributed by atoms with Gasteiger partial charge in [0.05, 0.1) is 7.11 Å². The summed E-state index contributed by atoms with van der Waals surface area (Å²) >= 11 is 0. The second-order valence-electron chi connectivity index (χ2n) is 4.24. The molecule has 1 saturated heterocycles. The lowest BCUT2D eigenvalue weighted by atomic mass is 10.0. The van der Waals surface area contributed by atoms with Crippen molar-refractivity contribution in [1.29, 1.82) is 0 Å². The predicted octanol–water partition coefficient (Wildman–Crippen LogP) is 0.0315. The van der Waals surface area contributed by atoms with Crippen molar-refractivity contribution in [1.82, 2.24) is 0 Å². The average Bonchev–Trinajstić information content (AvgIpc) is 2.46. The molecule has 6 nitrogen and oxygen atoms in total. The molecule has 0 bridgehead atoms. The fourth-order valence-electron chi connectivity index (χ4n) is 1.78. The van der Waals surface area contributed by atoms with E-state index in [-0.39, 0.29) is 19.0 Å². The zero-order chi connectivity index (χ0) is 13.8. The summed E-state index contributed by atoms with van der Waals surface area (Å²) in [4.78, 5) is 10.9. The summed E-state index contributed by atoms with van der Waals surface area (Å²) < 4.78 is 15.1. The number of benzene rings is 1. The van der Waals surface area contributed by atoms with Gasteiger partial charge in [0.1, 0.15) is 31.2 Å². The van der Waals surface area contributed by atoms with Crippen LogP contribution in [-0.2, 0) is 14.3 Å². The Labute approximate surface area is 110 Å². The highest BCUT2D eigenvalue weighted by Crippen LogP contribution is 2.24. The van der Waals surface area contributed by atoms with Crippen LogP contribution in [0.4, 0.5) is 0 Å². The third kappa shape index (κ3) is 3.30. The maximum atomic E-state index is 10.9. The molecule has 2 N–H and O–H groups in total. The minimum Gasteiger partial charge on any atom is -0.497 e. The molecule has 0 saturated carbocycles. The normalized spacial score (nSPS) is 20.1. The molecule has 1 aromatic carbocycles. The molecule has 104 valence electrons. The molecule has 0 spiro atoms. The third-order valence-corrected chi connectivity index (χ3v) is 2.88. The second kappa shape index (κ2) is 6.12. The van der Waals surface area contributed by atoms with Gasteiger partial charge in [0.2, 0.25) is 0 Å². The Balaban J connectivity index is 2.01. The van der Waals surface area contributed by atoms with Gasteiger partial charge >= 0.3 is 0 Å². The Kier molecular flexibility index (Phi) is 4.49. The van der Waals surface area contributed by atoms with Gasteiger partial charge in [0.25, 0.3) is 0 Å². The van der Waals surface area contributed by atoms with Gasteiger partial charge in [-0.1, -0.05) is 12.1 Å². The summed E-state index contributed by atoms with van der Waals surface area (Å²) in [5, 5.41) is 20.0. The molecule has 1 aromatic rings. The van der Waals surface area contributed by atoms with Crippen LogP contribution < -0.4 is 4.74 Å². The molecule has 0 radical (unpaired) electrons. The van der Waals surface area contributed by atoms with Crippen LogP contribution in [-0.4, -0.2) is 48.7 Å². The largest absolute Gasteiger partial charge is 0.497 e. The number of rotatable bonds is 4. The van der Waals surface area contributed by atoms with E-state index in [1.165, 1.54) is 0 Å². The van der Waals surface area contributed by atoms with Crippen LogP contribution in [0.5, 0.6) is 5.75 Å². The summed E-state index contributed by atoms with van der Waals surface area (Å²) in [7, 11) is 1.54. The van der Waals surface area contributed by atoms with Gasteiger partial charge in [-0.15, -0.1) is 0 Å². The van der Waals surface area contributed by atoms with Crippen LogP contribution in [0.3, 0.4) is 0 Å². The average molecular weight is 268 g/mol. The van der Waals surface area contributed by atoms with Crippen molar-refractivity contribution < 1.29 is 29.2 Å². The van der Waals surface area contributed by atoms with E-state index in [1.807, 2.05) is 0 Å². The number of hydrogen-bond donors (Lipinski definition) is 2. The highest BCUT2D eigenvalue weighted by Gasteiger charge is 2.32. The SMILES string of the molecule is COc1ccc([C@H](O)[C@H](O)C2OCC(=O)CO2)cc1. The summed E-state index contributed by atoms with van der Waals surface area (Å²) in [6, 6.07) is 6.64. The molecule has 2 rings (SSSR count). The topological polar surface area (TPSA) is 85.2 Å². The summed E-state index contributed by atoms with van der Waals surface area (Å²) in [6.45, 7) is -0.228. The lowest BCUT2D eigenvalue weighted by Gasteiger charge is -2.29. The molecule has 19 heavy (non-hydrogen) atoms. The number of carbonyl (C=O) groups is 1. The number of methoxy groups -OCH3 is 1. The fourth-order valence-corrected chi connectivity index (χ4v) is 1.78. The number of aliphatic hydroxyl groups is 2. The predicted molar refractivity (Wildman–Crippen MR) is 64.7 cm³/mol. The van der Waals surface area contributed by atoms with Gasteiger partial charge in [-0.05, 0) is 17.7 Å². The molecular weight excluding hydrogens is 252 g/mol. The molecule has 6 heteroatoms. The molecule has 0 aliphatic carbocycles. The van der Waals surface area contributed by atoms with Crippen molar-refractivity contribution >= 4 is 5.78 Å². The molecule has 0 unspecified atom stereocenters. The van der Waals surface area contributed by atoms with Gasteiger partial charge < -0.3 is 24.4 Å². The lowest BCUT2D eigenvalue weighted by Crippen LogP contribution is -2.42. The van der Waals surface area contributed by atoms with Crippen LogP contribution in [0.1, 0.15) is 11.7 Å². The molecule has 1 aliphatic heterocycles. The first-order valence-corrected chi connectivity index (χ1v) is 5.87. The van der Waals surface area contributed by atoms with E-state index in [0.717, 1.165) is 0 Å². The molecule has 0 amide bonds. The van der Waals surface area contributed by atoms with Gasteiger partial charge in [-0.2, -0.15) is 0 Å². The molecule has 1 aliphatic rings. The van der Waals surface area contributed by atoms with Crippen LogP contribution in [0.15, 0.2) is 24.3 Å². The standard InChI is InChI=1S/C13H16O6/c1-17-10-4-2-8(3-5-10)11(15)12(16)13-18-6-9(14)7-19-13/h2-5,11-13,15-16H,6-7H2,1H3/t11-,12-/m0/s1. The number of ether oxygens (including phenoxy) is 3. The lowest BCUT2D eigenvalue weighted by molar-refractivity contribution is -0.233. The first kappa shape index (κ1) is 14.0. The maximum absolute atomic E-state index is 10.9. The number of Topliss-reactive ketones (excluding diaryl/α,β-unsaturated/α-hetero) is 1. The summed E-state index contributed by atoms with van der Waals surface area (Å²) in [5.41, 5.74) is 0.511. The van der Waals surface area contributed by atoms with E-state index in [0.29, 0.717) is 11.3 Å². The van der Waals surface area contributed by atoms with Gasteiger partial charge in [-0.25, -0.2) is 0 Å². The van der Waals surface area contributed by atoms with E-state index in [9.17, 15) is 15.0 Å². The molecule has 0 aromatic heterocycles. The van der Waals surface area contributed by atoms with E-state index in [4.69, 9.17) is 14.2 Å². The van der Waals surface area contributed by atoms with Crippen molar-refractivity contribution in [2.75, 3.05) is 20.3 Å². The molecule has 1 fully saturated rings. The summed E-state index contributed by atoms with van der Waals surface area (Å²) in [6.07, 6.45) is -3.43. The molecular formula is C13H16O6. The zero-order valence-corrected chi connectivity index (χ0v) is 10.5. The number of hydrogen-bond acceptors (Lipinski definition) is 6. The van der Waals surface area contributed by atoms with Crippen LogP contribution in [0.25, 0.3) is 0 Å². The number of carbonyl (C=O) groups excluding carboxylic acids is 1. The maximum Gasteiger partial charge on any atom is 0.187 e. The number of ketones is 1.